The predicted molar refractivity (Wildman–Crippen MR) is 64.0 cm³/mol. The van der Waals surface area contributed by atoms with E-state index < -0.39 is 29.0 Å². The molecule has 0 heterocycles. The topological polar surface area (TPSA) is 46.5 Å². The van der Waals surface area contributed by atoms with E-state index in [0.717, 1.165) is 24.3 Å². The van der Waals surface area contributed by atoms with Gasteiger partial charge in [-0.3, -0.25) is 0 Å². The van der Waals surface area contributed by atoms with Crippen LogP contribution in [-0.2, 0) is 6.61 Å². The lowest BCUT2D eigenvalue weighted by Crippen LogP contribution is -2.03. The van der Waals surface area contributed by atoms with E-state index in [9.17, 15) is 18.0 Å². The normalized spacial score (nSPS) is 10.3. The summed E-state index contributed by atoms with van der Waals surface area (Å²) in [5, 5.41) is 8.67. The maximum Gasteiger partial charge on any atom is 0.338 e. The Morgan fingerprint density at radius 1 is 1.00 bits per heavy atom. The molecule has 6 heteroatoms. The lowest BCUT2D eigenvalue weighted by Gasteiger charge is -2.07. The van der Waals surface area contributed by atoms with Crippen molar-refractivity contribution in [3.63, 3.8) is 0 Å². The van der Waals surface area contributed by atoms with Crippen LogP contribution in [0.5, 0.6) is 5.75 Å². The SMILES string of the molecule is O=C(O)c1ccc(COc2ccc(F)c(F)c2)cc1F. The van der Waals surface area contributed by atoms with Gasteiger partial charge in [0.2, 0.25) is 0 Å². The van der Waals surface area contributed by atoms with Crippen LogP contribution in [0.2, 0.25) is 0 Å². The Hall–Kier alpha value is -2.50. The maximum atomic E-state index is 13.4. The Kier molecular flexibility index (Phi) is 3.93. The number of aromatic carboxylic acids is 1. The van der Waals surface area contributed by atoms with E-state index in [1.54, 1.807) is 0 Å². The van der Waals surface area contributed by atoms with Crippen molar-refractivity contribution in [2.45, 2.75) is 6.61 Å². The lowest BCUT2D eigenvalue weighted by atomic mass is 10.1. The number of carboxylic acid groups (broad SMARTS) is 1. The number of benzene rings is 2. The fraction of sp³-hybridized carbons (Fsp3) is 0.0714. The van der Waals surface area contributed by atoms with Crippen molar-refractivity contribution in [3.8, 4) is 5.75 Å². The number of hydrogen-bond donors (Lipinski definition) is 1. The first kappa shape index (κ1) is 13.9. The quantitative estimate of drug-likeness (QED) is 0.935. The molecule has 2 rings (SSSR count). The van der Waals surface area contributed by atoms with Crippen LogP contribution < -0.4 is 4.74 Å². The van der Waals surface area contributed by atoms with Crippen LogP contribution in [0.25, 0.3) is 0 Å². The standard InChI is InChI=1S/C14H9F3O3/c15-11-4-2-9(6-13(11)17)20-7-8-1-3-10(14(18)19)12(16)5-8/h1-6H,7H2,(H,18,19). The molecule has 104 valence electrons. The summed E-state index contributed by atoms with van der Waals surface area (Å²) in [6, 6.07) is 6.54. The fourth-order valence-electron chi connectivity index (χ4n) is 1.56. The number of carboxylic acids is 1. The van der Waals surface area contributed by atoms with Gasteiger partial charge in [0.05, 0.1) is 5.56 Å². The van der Waals surface area contributed by atoms with Gasteiger partial charge in [0.15, 0.2) is 11.6 Å². The van der Waals surface area contributed by atoms with Crippen LogP contribution in [0, 0.1) is 17.5 Å². The molecule has 0 aliphatic heterocycles. The molecule has 0 saturated heterocycles. The highest BCUT2D eigenvalue weighted by Crippen LogP contribution is 2.18. The van der Waals surface area contributed by atoms with Gasteiger partial charge < -0.3 is 9.84 Å². The van der Waals surface area contributed by atoms with Crippen molar-refractivity contribution in [1.29, 1.82) is 0 Å². The average molecular weight is 282 g/mol. The molecule has 20 heavy (non-hydrogen) atoms. The fourth-order valence-corrected chi connectivity index (χ4v) is 1.56. The molecule has 0 fully saturated rings. The van der Waals surface area contributed by atoms with Gasteiger partial charge in [-0.15, -0.1) is 0 Å². The third kappa shape index (κ3) is 3.09. The molecule has 1 N–H and O–H groups in total. The third-order valence-electron chi connectivity index (χ3n) is 2.56. The van der Waals surface area contributed by atoms with E-state index in [-0.39, 0.29) is 12.4 Å². The van der Waals surface area contributed by atoms with Crippen LogP contribution in [0.3, 0.4) is 0 Å². The van der Waals surface area contributed by atoms with Gasteiger partial charge >= 0.3 is 5.97 Å². The van der Waals surface area contributed by atoms with Crippen molar-refractivity contribution in [2.24, 2.45) is 0 Å². The number of halogens is 3. The Labute approximate surface area is 112 Å². The van der Waals surface area contributed by atoms with Crippen molar-refractivity contribution >= 4 is 5.97 Å². The second-order valence-electron chi connectivity index (χ2n) is 3.98. The molecule has 0 radical (unpaired) electrons. The Bertz CT molecular complexity index is 656. The minimum absolute atomic E-state index is 0.0895. The molecule has 2 aromatic carbocycles. The molecule has 0 aliphatic carbocycles. The first-order valence-electron chi connectivity index (χ1n) is 5.57. The van der Waals surface area contributed by atoms with E-state index in [1.165, 1.54) is 12.1 Å². The summed E-state index contributed by atoms with van der Waals surface area (Å²) in [6.45, 7) is -0.0953. The number of carbonyl (C=O) groups is 1. The highest BCUT2D eigenvalue weighted by molar-refractivity contribution is 5.87. The van der Waals surface area contributed by atoms with Crippen LogP contribution in [0.4, 0.5) is 13.2 Å². The van der Waals surface area contributed by atoms with Crippen molar-refractivity contribution < 1.29 is 27.8 Å². The highest BCUT2D eigenvalue weighted by Gasteiger charge is 2.10. The summed E-state index contributed by atoms with van der Waals surface area (Å²) in [6.07, 6.45) is 0. The average Bonchev–Trinajstić information content (AvgIpc) is 2.40. The molecule has 2 aromatic rings. The van der Waals surface area contributed by atoms with Crippen molar-refractivity contribution in [1.82, 2.24) is 0 Å². The van der Waals surface area contributed by atoms with Crippen LogP contribution in [0.15, 0.2) is 36.4 Å². The van der Waals surface area contributed by atoms with Gasteiger partial charge in [-0.05, 0) is 29.8 Å². The predicted octanol–water partition coefficient (Wildman–Crippen LogP) is 3.38. The van der Waals surface area contributed by atoms with E-state index >= 15 is 0 Å². The Balaban J connectivity index is 2.09. The van der Waals surface area contributed by atoms with Crippen LogP contribution in [0.1, 0.15) is 15.9 Å². The van der Waals surface area contributed by atoms with Crippen LogP contribution >= 0.6 is 0 Å². The minimum atomic E-state index is -1.37. The first-order valence-corrected chi connectivity index (χ1v) is 5.57. The van der Waals surface area contributed by atoms with E-state index in [0.29, 0.717) is 5.56 Å². The molecule has 0 atom stereocenters. The second kappa shape index (κ2) is 5.64. The first-order chi connectivity index (χ1) is 9.47. The maximum absolute atomic E-state index is 13.4. The molecule has 0 spiro atoms. The zero-order valence-corrected chi connectivity index (χ0v) is 10.1. The molecule has 0 unspecified atom stereocenters. The van der Waals surface area contributed by atoms with Crippen molar-refractivity contribution in [2.75, 3.05) is 0 Å². The molecule has 0 bridgehead atoms. The van der Waals surface area contributed by atoms with Crippen LogP contribution in [-0.4, -0.2) is 11.1 Å². The molecule has 0 amide bonds. The molecule has 3 nitrogen and oxygen atoms in total. The van der Waals surface area contributed by atoms with Gasteiger partial charge in [0, 0.05) is 6.07 Å². The van der Waals surface area contributed by atoms with Gasteiger partial charge in [-0.25, -0.2) is 18.0 Å². The molecule has 0 aromatic heterocycles. The molecule has 0 saturated carbocycles. The number of rotatable bonds is 4. The Morgan fingerprint density at radius 2 is 1.75 bits per heavy atom. The van der Waals surface area contributed by atoms with Gasteiger partial charge in [-0.1, -0.05) is 6.07 Å². The smallest absolute Gasteiger partial charge is 0.338 e. The van der Waals surface area contributed by atoms with E-state index in [4.69, 9.17) is 9.84 Å². The summed E-state index contributed by atoms with van der Waals surface area (Å²) in [5.74, 6) is -4.20. The molecular weight excluding hydrogens is 273 g/mol. The summed E-state index contributed by atoms with van der Waals surface area (Å²) in [5.41, 5.74) is -0.0705. The largest absolute Gasteiger partial charge is 0.489 e. The minimum Gasteiger partial charge on any atom is -0.489 e. The molecule has 0 aliphatic rings. The monoisotopic (exact) mass is 282 g/mol. The Morgan fingerprint density at radius 3 is 2.35 bits per heavy atom. The zero-order valence-electron chi connectivity index (χ0n) is 10.1. The molecular formula is C14H9F3O3. The highest BCUT2D eigenvalue weighted by atomic mass is 19.2. The van der Waals surface area contributed by atoms with E-state index in [1.807, 2.05) is 0 Å². The number of hydrogen-bond acceptors (Lipinski definition) is 2. The third-order valence-corrected chi connectivity index (χ3v) is 2.56. The summed E-state index contributed by atoms with van der Waals surface area (Å²) >= 11 is 0. The zero-order chi connectivity index (χ0) is 14.7. The number of ether oxygens (including phenoxy) is 1. The summed E-state index contributed by atoms with van der Waals surface area (Å²) < 4.78 is 44.2. The van der Waals surface area contributed by atoms with Crippen molar-refractivity contribution in [3.05, 3.63) is 65.0 Å². The lowest BCUT2D eigenvalue weighted by molar-refractivity contribution is 0.0692. The summed E-state index contributed by atoms with van der Waals surface area (Å²) in [4.78, 5) is 10.6. The van der Waals surface area contributed by atoms with E-state index in [2.05, 4.69) is 0 Å². The van der Waals surface area contributed by atoms with Gasteiger partial charge in [0.1, 0.15) is 18.2 Å². The summed E-state index contributed by atoms with van der Waals surface area (Å²) in [7, 11) is 0. The van der Waals surface area contributed by atoms with Gasteiger partial charge in [0.25, 0.3) is 0 Å². The second-order valence-corrected chi connectivity index (χ2v) is 3.98. The van der Waals surface area contributed by atoms with Gasteiger partial charge in [-0.2, -0.15) is 0 Å².